The molecule has 0 spiro atoms. The van der Waals surface area contributed by atoms with Gasteiger partial charge in [0.2, 0.25) is 0 Å². The molecule has 0 amide bonds. The second-order valence-electron chi connectivity index (χ2n) is 2.21. The maximum absolute atomic E-state index is 8.26. The first-order valence-corrected chi connectivity index (χ1v) is 3.22. The van der Waals surface area contributed by atoms with Crippen LogP contribution in [0.25, 0.3) is 0 Å². The van der Waals surface area contributed by atoms with Gasteiger partial charge in [-0.1, -0.05) is 0 Å². The van der Waals surface area contributed by atoms with E-state index in [9.17, 15) is 0 Å². The van der Waals surface area contributed by atoms with Crippen molar-refractivity contribution in [2.24, 2.45) is 0 Å². The molecular formula is C7H10N2. The number of nitriles is 1. The summed E-state index contributed by atoms with van der Waals surface area (Å²) in [6.07, 6.45) is 3.92. The second-order valence-corrected chi connectivity index (χ2v) is 2.21. The highest BCUT2D eigenvalue weighted by atomic mass is 14.9. The monoisotopic (exact) mass is 122 g/mol. The van der Waals surface area contributed by atoms with Crippen molar-refractivity contribution in [3.05, 3.63) is 11.6 Å². The van der Waals surface area contributed by atoms with Crippen molar-refractivity contribution in [1.29, 1.82) is 5.26 Å². The van der Waals surface area contributed by atoms with E-state index in [1.807, 2.05) is 6.07 Å². The molecule has 1 aliphatic rings. The second kappa shape index (κ2) is 3.26. The van der Waals surface area contributed by atoms with Crippen molar-refractivity contribution in [3.8, 4) is 6.07 Å². The first-order valence-electron chi connectivity index (χ1n) is 3.22. The summed E-state index contributed by atoms with van der Waals surface area (Å²) in [6, 6.07) is 2.04. The molecule has 1 N–H and O–H groups in total. The molecule has 1 heterocycles. The van der Waals surface area contributed by atoms with Crippen LogP contribution in [0, 0.1) is 11.3 Å². The Hall–Kier alpha value is -0.810. The summed E-state index contributed by atoms with van der Waals surface area (Å²) in [7, 11) is 0. The summed E-state index contributed by atoms with van der Waals surface area (Å²) in [5.74, 6) is 0. The standard InChI is InChI=1S/C7H10N2/c8-4-3-7-2-1-5-9-6-7/h3,9H,1-2,5-6H2. The Labute approximate surface area is 55.2 Å². The fourth-order valence-corrected chi connectivity index (χ4v) is 0.992. The number of nitrogens with one attached hydrogen (secondary N) is 1. The zero-order chi connectivity index (χ0) is 6.53. The topological polar surface area (TPSA) is 35.8 Å². The van der Waals surface area contributed by atoms with Crippen LogP contribution in [0.15, 0.2) is 11.6 Å². The van der Waals surface area contributed by atoms with E-state index in [0.29, 0.717) is 0 Å². The maximum atomic E-state index is 8.26. The van der Waals surface area contributed by atoms with E-state index in [4.69, 9.17) is 5.26 Å². The van der Waals surface area contributed by atoms with Crippen LogP contribution in [0.3, 0.4) is 0 Å². The fraction of sp³-hybridized carbons (Fsp3) is 0.571. The lowest BCUT2D eigenvalue weighted by atomic mass is 10.1. The van der Waals surface area contributed by atoms with Crippen LogP contribution in [0.4, 0.5) is 0 Å². The van der Waals surface area contributed by atoms with Crippen LogP contribution in [-0.4, -0.2) is 13.1 Å². The van der Waals surface area contributed by atoms with Crippen LogP contribution < -0.4 is 5.32 Å². The lowest BCUT2D eigenvalue weighted by Crippen LogP contribution is -2.23. The van der Waals surface area contributed by atoms with Crippen molar-refractivity contribution < 1.29 is 0 Å². The highest BCUT2D eigenvalue weighted by molar-refractivity contribution is 5.15. The average Bonchev–Trinajstić information content (AvgIpc) is 1.91. The van der Waals surface area contributed by atoms with Gasteiger partial charge in [-0.3, -0.25) is 0 Å². The number of piperidine rings is 1. The molecular weight excluding hydrogens is 112 g/mol. The Morgan fingerprint density at radius 3 is 3.11 bits per heavy atom. The predicted octanol–water partition coefficient (Wildman–Crippen LogP) is 0.820. The molecule has 1 rings (SSSR count). The van der Waals surface area contributed by atoms with E-state index in [1.54, 1.807) is 6.08 Å². The Balaban J connectivity index is 2.42. The Morgan fingerprint density at radius 2 is 2.56 bits per heavy atom. The number of hydrogen-bond donors (Lipinski definition) is 1. The van der Waals surface area contributed by atoms with Crippen molar-refractivity contribution in [1.82, 2.24) is 5.32 Å². The summed E-state index contributed by atoms with van der Waals surface area (Å²) in [5, 5.41) is 11.5. The fourth-order valence-electron chi connectivity index (χ4n) is 0.992. The summed E-state index contributed by atoms with van der Waals surface area (Å²) >= 11 is 0. The number of rotatable bonds is 0. The normalized spacial score (nSPS) is 23.7. The zero-order valence-corrected chi connectivity index (χ0v) is 5.35. The summed E-state index contributed by atoms with van der Waals surface area (Å²) in [5.41, 5.74) is 1.24. The minimum Gasteiger partial charge on any atom is -0.313 e. The Bertz CT molecular complexity index is 145. The zero-order valence-electron chi connectivity index (χ0n) is 5.35. The first-order chi connectivity index (χ1) is 4.43. The van der Waals surface area contributed by atoms with E-state index in [0.717, 1.165) is 19.5 Å². The van der Waals surface area contributed by atoms with Gasteiger partial charge in [0.25, 0.3) is 0 Å². The number of nitrogens with zero attached hydrogens (tertiary/aromatic N) is 1. The van der Waals surface area contributed by atoms with Crippen LogP contribution in [0.5, 0.6) is 0 Å². The Morgan fingerprint density at radius 1 is 1.67 bits per heavy atom. The van der Waals surface area contributed by atoms with Gasteiger partial charge in [0, 0.05) is 12.6 Å². The third-order valence-electron chi connectivity index (χ3n) is 1.47. The molecule has 2 heteroatoms. The summed E-state index contributed by atoms with van der Waals surface area (Å²) in [4.78, 5) is 0. The van der Waals surface area contributed by atoms with Gasteiger partial charge in [-0.25, -0.2) is 0 Å². The number of allylic oxidation sites excluding steroid dienone is 1. The van der Waals surface area contributed by atoms with Gasteiger partial charge in [-0.05, 0) is 25.0 Å². The summed E-state index contributed by atoms with van der Waals surface area (Å²) in [6.45, 7) is 2.01. The maximum Gasteiger partial charge on any atom is 0.0912 e. The summed E-state index contributed by atoms with van der Waals surface area (Å²) < 4.78 is 0. The molecule has 9 heavy (non-hydrogen) atoms. The molecule has 0 atom stereocenters. The highest BCUT2D eigenvalue weighted by Crippen LogP contribution is 2.06. The van der Waals surface area contributed by atoms with Gasteiger partial charge < -0.3 is 5.32 Å². The van der Waals surface area contributed by atoms with Crippen molar-refractivity contribution in [2.45, 2.75) is 12.8 Å². The van der Waals surface area contributed by atoms with Gasteiger partial charge in [0.05, 0.1) is 6.07 Å². The number of hydrogen-bond acceptors (Lipinski definition) is 2. The predicted molar refractivity (Wildman–Crippen MR) is 35.8 cm³/mol. The molecule has 1 saturated heterocycles. The van der Waals surface area contributed by atoms with Crippen LogP contribution in [-0.2, 0) is 0 Å². The van der Waals surface area contributed by atoms with E-state index in [2.05, 4.69) is 5.32 Å². The first kappa shape index (κ1) is 6.31. The molecule has 2 nitrogen and oxygen atoms in total. The van der Waals surface area contributed by atoms with Crippen molar-refractivity contribution in [3.63, 3.8) is 0 Å². The van der Waals surface area contributed by atoms with Gasteiger partial charge >= 0.3 is 0 Å². The quantitative estimate of drug-likeness (QED) is 0.483. The third kappa shape index (κ3) is 1.87. The molecule has 1 aliphatic heterocycles. The molecule has 0 aromatic carbocycles. The van der Waals surface area contributed by atoms with Crippen molar-refractivity contribution in [2.75, 3.05) is 13.1 Å². The van der Waals surface area contributed by atoms with Gasteiger partial charge in [0.15, 0.2) is 0 Å². The molecule has 0 saturated carbocycles. The van der Waals surface area contributed by atoms with Gasteiger partial charge in [0.1, 0.15) is 0 Å². The Kier molecular flexibility index (Phi) is 2.29. The van der Waals surface area contributed by atoms with E-state index in [-0.39, 0.29) is 0 Å². The molecule has 0 aromatic rings. The SMILES string of the molecule is N#CC=C1CCCNC1. The molecule has 0 aromatic heterocycles. The van der Waals surface area contributed by atoms with Gasteiger partial charge in [-0.2, -0.15) is 5.26 Å². The molecule has 0 radical (unpaired) electrons. The molecule has 0 bridgehead atoms. The van der Waals surface area contributed by atoms with E-state index >= 15 is 0 Å². The molecule has 48 valence electrons. The van der Waals surface area contributed by atoms with Crippen LogP contribution >= 0.6 is 0 Å². The average molecular weight is 122 g/mol. The lowest BCUT2D eigenvalue weighted by Gasteiger charge is -2.13. The van der Waals surface area contributed by atoms with Crippen LogP contribution in [0.1, 0.15) is 12.8 Å². The van der Waals surface area contributed by atoms with Gasteiger partial charge in [-0.15, -0.1) is 0 Å². The minimum absolute atomic E-state index is 0.910. The van der Waals surface area contributed by atoms with E-state index in [1.165, 1.54) is 12.0 Å². The molecule has 0 unspecified atom stereocenters. The molecule has 1 fully saturated rings. The van der Waals surface area contributed by atoms with E-state index < -0.39 is 0 Å². The highest BCUT2D eigenvalue weighted by Gasteiger charge is 2.02. The van der Waals surface area contributed by atoms with Crippen molar-refractivity contribution >= 4 is 0 Å². The lowest BCUT2D eigenvalue weighted by molar-refractivity contribution is 0.610. The molecule has 0 aliphatic carbocycles. The smallest absolute Gasteiger partial charge is 0.0912 e. The van der Waals surface area contributed by atoms with Crippen LogP contribution in [0.2, 0.25) is 0 Å². The third-order valence-corrected chi connectivity index (χ3v) is 1.47. The minimum atomic E-state index is 0.910. The largest absolute Gasteiger partial charge is 0.313 e.